The summed E-state index contributed by atoms with van der Waals surface area (Å²) < 4.78 is 41.1. The van der Waals surface area contributed by atoms with Crippen molar-refractivity contribution in [3.05, 3.63) is 29.8 Å². The van der Waals surface area contributed by atoms with Gasteiger partial charge in [-0.25, -0.2) is 13.7 Å². The fourth-order valence-electron chi connectivity index (χ4n) is 1.43. The van der Waals surface area contributed by atoms with E-state index in [1.165, 1.54) is 0 Å². The number of aromatic hydroxyl groups is 1. The normalized spacial score (nSPS) is 15.5. The van der Waals surface area contributed by atoms with Crippen molar-refractivity contribution in [1.29, 1.82) is 0 Å². The molecule has 0 aromatic heterocycles. The molecule has 118 valence electrons. The molecule has 0 heterocycles. The minimum Gasteiger partial charge on any atom is -0.508 e. The first-order chi connectivity index (χ1) is 9.46. The molecule has 0 amide bonds. The zero-order chi connectivity index (χ0) is 16.4. The largest absolute Gasteiger partial charge is 0.508 e. The first-order valence-electron chi connectivity index (χ1n) is 6.04. The Hall–Kier alpha value is -1.54. The maximum absolute atomic E-state index is 13.9. The number of nitrogens with one attached hydrogen (secondary N) is 1. The molecule has 0 aliphatic heterocycles. The highest BCUT2D eigenvalue weighted by atomic mass is 32.2. The molecule has 0 bridgehead atoms. The SMILES string of the molecule is CC(C)(C)[S@@](=O)N[C@@H](c1ccc(O)cc1)C(F)(F)C(=O)O. The maximum atomic E-state index is 13.9. The molecule has 0 radical (unpaired) electrons. The van der Waals surface area contributed by atoms with Crippen LogP contribution in [0.3, 0.4) is 0 Å². The third-order valence-corrected chi connectivity index (χ3v) is 4.22. The van der Waals surface area contributed by atoms with Gasteiger partial charge in [-0.15, -0.1) is 0 Å². The fraction of sp³-hybridized carbons (Fsp3) is 0.462. The summed E-state index contributed by atoms with van der Waals surface area (Å²) in [5.41, 5.74) is -0.0854. The number of hydrogen-bond acceptors (Lipinski definition) is 3. The van der Waals surface area contributed by atoms with Gasteiger partial charge in [-0.1, -0.05) is 12.1 Å². The van der Waals surface area contributed by atoms with Gasteiger partial charge in [0.15, 0.2) is 0 Å². The Morgan fingerprint density at radius 1 is 1.24 bits per heavy atom. The number of carbonyl (C=O) groups is 1. The lowest BCUT2D eigenvalue weighted by molar-refractivity contribution is -0.168. The van der Waals surface area contributed by atoms with Gasteiger partial charge in [-0.05, 0) is 38.5 Å². The average molecular weight is 321 g/mol. The van der Waals surface area contributed by atoms with E-state index in [0.29, 0.717) is 0 Å². The van der Waals surface area contributed by atoms with Gasteiger partial charge in [-0.2, -0.15) is 8.78 Å². The monoisotopic (exact) mass is 321 g/mol. The minimum atomic E-state index is -4.15. The van der Waals surface area contributed by atoms with Crippen LogP contribution in [0.5, 0.6) is 5.75 Å². The number of hydrogen-bond donors (Lipinski definition) is 3. The van der Waals surface area contributed by atoms with Crippen molar-refractivity contribution < 1.29 is 28.0 Å². The van der Waals surface area contributed by atoms with Gasteiger partial charge in [-0.3, -0.25) is 0 Å². The number of carboxylic acid groups (broad SMARTS) is 1. The van der Waals surface area contributed by atoms with E-state index >= 15 is 0 Å². The highest BCUT2D eigenvalue weighted by Gasteiger charge is 2.49. The van der Waals surface area contributed by atoms with Gasteiger partial charge in [0.05, 0.1) is 15.7 Å². The zero-order valence-electron chi connectivity index (χ0n) is 11.8. The number of rotatable bonds is 5. The van der Waals surface area contributed by atoms with Crippen LogP contribution in [-0.2, 0) is 15.8 Å². The van der Waals surface area contributed by atoms with E-state index in [1.807, 2.05) is 0 Å². The molecule has 3 N–H and O–H groups in total. The molecule has 0 aliphatic carbocycles. The second-order valence-corrected chi connectivity index (χ2v) is 7.45. The third kappa shape index (κ3) is 4.21. The summed E-state index contributed by atoms with van der Waals surface area (Å²) in [6, 6.07) is 2.65. The van der Waals surface area contributed by atoms with Crippen molar-refractivity contribution in [2.24, 2.45) is 0 Å². The summed E-state index contributed by atoms with van der Waals surface area (Å²) in [4.78, 5) is 10.8. The standard InChI is InChI=1S/C13H17F2NO4S/c1-12(2,3)21(20)16-10(13(14,15)11(18)19)8-4-6-9(17)7-5-8/h4-7,10,16-17H,1-3H3,(H,18,19)/t10-,21+/m0/s1. The summed E-state index contributed by atoms with van der Waals surface area (Å²) >= 11 is 0. The lowest BCUT2D eigenvalue weighted by Gasteiger charge is -2.28. The minimum absolute atomic E-state index is 0.0854. The van der Waals surface area contributed by atoms with E-state index in [2.05, 4.69) is 4.72 Å². The Kier molecular flexibility index (Phi) is 5.06. The molecule has 21 heavy (non-hydrogen) atoms. The Labute approximate surface area is 123 Å². The van der Waals surface area contributed by atoms with Gasteiger partial charge in [0.1, 0.15) is 11.8 Å². The Morgan fingerprint density at radius 3 is 2.10 bits per heavy atom. The van der Waals surface area contributed by atoms with Crippen molar-refractivity contribution in [3.63, 3.8) is 0 Å². The zero-order valence-corrected chi connectivity index (χ0v) is 12.6. The number of carboxylic acids is 1. The second kappa shape index (κ2) is 6.07. The number of halogens is 2. The predicted octanol–water partition coefficient (Wildman–Crippen LogP) is 2.20. The maximum Gasteiger partial charge on any atom is 0.376 e. The van der Waals surface area contributed by atoms with E-state index in [0.717, 1.165) is 24.3 Å². The lowest BCUT2D eigenvalue weighted by Crippen LogP contribution is -2.47. The van der Waals surface area contributed by atoms with Crippen LogP contribution in [0.1, 0.15) is 32.4 Å². The topological polar surface area (TPSA) is 86.6 Å². The molecule has 1 aromatic carbocycles. The molecular formula is C13H17F2NO4S. The molecule has 5 nitrogen and oxygen atoms in total. The van der Waals surface area contributed by atoms with Gasteiger partial charge < -0.3 is 10.2 Å². The van der Waals surface area contributed by atoms with E-state index in [1.54, 1.807) is 20.8 Å². The first-order valence-corrected chi connectivity index (χ1v) is 7.19. The van der Waals surface area contributed by atoms with Crippen LogP contribution in [0.4, 0.5) is 8.78 Å². The lowest BCUT2D eigenvalue weighted by atomic mass is 10.0. The summed E-state index contributed by atoms with van der Waals surface area (Å²) in [7, 11) is -1.89. The van der Waals surface area contributed by atoms with E-state index in [9.17, 15) is 22.9 Å². The van der Waals surface area contributed by atoms with Gasteiger partial charge in [0.2, 0.25) is 0 Å². The summed E-state index contributed by atoms with van der Waals surface area (Å²) in [5.74, 6) is -6.62. The second-order valence-electron chi connectivity index (χ2n) is 5.45. The Morgan fingerprint density at radius 2 is 1.71 bits per heavy atom. The van der Waals surface area contributed by atoms with E-state index in [4.69, 9.17) is 5.11 Å². The highest BCUT2D eigenvalue weighted by Crippen LogP contribution is 2.33. The smallest absolute Gasteiger partial charge is 0.376 e. The molecular weight excluding hydrogens is 304 g/mol. The molecule has 2 atom stereocenters. The predicted molar refractivity (Wildman–Crippen MR) is 74.5 cm³/mol. The van der Waals surface area contributed by atoms with Gasteiger partial charge >= 0.3 is 11.9 Å². The van der Waals surface area contributed by atoms with Crippen LogP contribution < -0.4 is 4.72 Å². The number of phenols is 1. The van der Waals surface area contributed by atoms with Crippen molar-refractivity contribution in [1.82, 2.24) is 4.72 Å². The number of alkyl halides is 2. The van der Waals surface area contributed by atoms with Gasteiger partial charge in [0.25, 0.3) is 0 Å². The number of phenolic OH excluding ortho intramolecular Hbond substituents is 1. The van der Waals surface area contributed by atoms with Crippen LogP contribution >= 0.6 is 0 Å². The van der Waals surface area contributed by atoms with Crippen LogP contribution in [0.2, 0.25) is 0 Å². The molecule has 1 rings (SSSR count). The fourth-order valence-corrected chi connectivity index (χ4v) is 2.28. The summed E-state index contributed by atoms with van der Waals surface area (Å²) in [5, 5.41) is 17.9. The molecule has 0 unspecified atom stereocenters. The van der Waals surface area contributed by atoms with E-state index < -0.39 is 33.7 Å². The molecule has 0 saturated heterocycles. The molecule has 8 heteroatoms. The van der Waals surface area contributed by atoms with Crippen LogP contribution in [0, 0.1) is 0 Å². The number of benzene rings is 1. The van der Waals surface area contributed by atoms with Crippen molar-refractivity contribution in [3.8, 4) is 5.75 Å². The van der Waals surface area contributed by atoms with Crippen molar-refractivity contribution in [2.75, 3.05) is 0 Å². The first kappa shape index (κ1) is 17.5. The Balaban J connectivity index is 3.21. The van der Waals surface area contributed by atoms with Gasteiger partial charge in [0, 0.05) is 0 Å². The van der Waals surface area contributed by atoms with Crippen LogP contribution in [0.15, 0.2) is 24.3 Å². The number of aliphatic carboxylic acids is 1. The van der Waals surface area contributed by atoms with E-state index in [-0.39, 0.29) is 11.3 Å². The molecule has 0 saturated carbocycles. The summed E-state index contributed by atoms with van der Waals surface area (Å²) in [6.45, 7) is 4.72. The molecule has 0 spiro atoms. The quantitative estimate of drug-likeness (QED) is 0.776. The third-order valence-electron chi connectivity index (χ3n) is 2.66. The average Bonchev–Trinajstić information content (AvgIpc) is 2.35. The van der Waals surface area contributed by atoms with Crippen molar-refractivity contribution >= 4 is 17.0 Å². The summed E-state index contributed by atoms with van der Waals surface area (Å²) in [6.07, 6.45) is 0. The molecule has 1 aromatic rings. The van der Waals surface area contributed by atoms with Crippen molar-refractivity contribution in [2.45, 2.75) is 37.5 Å². The highest BCUT2D eigenvalue weighted by molar-refractivity contribution is 7.84. The molecule has 0 fully saturated rings. The Bertz CT molecular complexity index is 540. The molecule has 0 aliphatic rings. The van der Waals surface area contributed by atoms with Crippen LogP contribution in [-0.4, -0.2) is 31.1 Å². The van der Waals surface area contributed by atoms with Crippen LogP contribution in [0.25, 0.3) is 0 Å².